The first-order chi connectivity index (χ1) is 16.2. The SMILES string of the molecule is CN=C(NCCCC(=O)N1CCc2ccccc2C1)N1CCN(c2ccc(OC)cc2)CC1. The molecule has 0 spiro atoms. The van der Waals surface area contributed by atoms with Gasteiger partial charge >= 0.3 is 0 Å². The van der Waals surface area contributed by atoms with Gasteiger partial charge < -0.3 is 24.8 Å². The summed E-state index contributed by atoms with van der Waals surface area (Å²) in [5.74, 6) is 2.05. The first kappa shape index (κ1) is 23.0. The van der Waals surface area contributed by atoms with Crippen LogP contribution in [0.15, 0.2) is 53.5 Å². The third kappa shape index (κ3) is 5.78. The van der Waals surface area contributed by atoms with Crippen LogP contribution in [-0.4, -0.2) is 75.1 Å². The Morgan fingerprint density at radius 1 is 0.970 bits per heavy atom. The normalized spacial score (nSPS) is 16.4. The number of hydrogen-bond acceptors (Lipinski definition) is 4. The maximum Gasteiger partial charge on any atom is 0.222 e. The minimum Gasteiger partial charge on any atom is -0.497 e. The van der Waals surface area contributed by atoms with Gasteiger partial charge in [0, 0.05) is 65.0 Å². The van der Waals surface area contributed by atoms with E-state index in [0.29, 0.717) is 6.42 Å². The average molecular weight is 450 g/mol. The molecule has 0 radical (unpaired) electrons. The van der Waals surface area contributed by atoms with Crippen LogP contribution in [0.2, 0.25) is 0 Å². The lowest BCUT2D eigenvalue weighted by Crippen LogP contribution is -2.52. The van der Waals surface area contributed by atoms with Crippen molar-refractivity contribution in [2.45, 2.75) is 25.8 Å². The molecule has 0 saturated carbocycles. The molecule has 2 aromatic rings. The molecule has 0 atom stereocenters. The van der Waals surface area contributed by atoms with Gasteiger partial charge in [-0.05, 0) is 48.2 Å². The van der Waals surface area contributed by atoms with Gasteiger partial charge in [-0.1, -0.05) is 24.3 Å². The fourth-order valence-corrected chi connectivity index (χ4v) is 4.61. The molecule has 176 valence electrons. The Morgan fingerprint density at radius 2 is 1.70 bits per heavy atom. The van der Waals surface area contributed by atoms with Gasteiger partial charge in [-0.25, -0.2) is 0 Å². The molecular weight excluding hydrogens is 414 g/mol. The highest BCUT2D eigenvalue weighted by atomic mass is 16.5. The van der Waals surface area contributed by atoms with Gasteiger partial charge in [0.15, 0.2) is 5.96 Å². The van der Waals surface area contributed by atoms with Crippen LogP contribution in [0.5, 0.6) is 5.75 Å². The number of nitrogens with one attached hydrogen (secondary N) is 1. The zero-order valence-electron chi connectivity index (χ0n) is 19.8. The number of carbonyl (C=O) groups is 1. The summed E-state index contributed by atoms with van der Waals surface area (Å²) >= 11 is 0. The van der Waals surface area contributed by atoms with Crippen molar-refractivity contribution >= 4 is 17.6 Å². The number of rotatable bonds is 6. The van der Waals surface area contributed by atoms with E-state index in [0.717, 1.165) is 70.4 Å². The second-order valence-corrected chi connectivity index (χ2v) is 8.58. The molecule has 1 amide bonds. The number of amides is 1. The highest BCUT2D eigenvalue weighted by molar-refractivity contribution is 5.80. The second kappa shape index (κ2) is 11.1. The van der Waals surface area contributed by atoms with Crippen LogP contribution in [0.4, 0.5) is 5.69 Å². The third-order valence-electron chi connectivity index (χ3n) is 6.56. The number of carbonyl (C=O) groups excluding carboxylic acids is 1. The number of methoxy groups -OCH3 is 1. The smallest absolute Gasteiger partial charge is 0.222 e. The second-order valence-electron chi connectivity index (χ2n) is 8.58. The summed E-state index contributed by atoms with van der Waals surface area (Å²) in [5, 5.41) is 3.45. The number of ether oxygens (including phenoxy) is 1. The maximum absolute atomic E-state index is 12.7. The Balaban J connectivity index is 1.17. The molecule has 2 aromatic carbocycles. The van der Waals surface area contributed by atoms with E-state index in [1.807, 2.05) is 24.1 Å². The van der Waals surface area contributed by atoms with Crippen molar-refractivity contribution in [3.8, 4) is 5.75 Å². The highest BCUT2D eigenvalue weighted by Gasteiger charge is 2.21. The first-order valence-corrected chi connectivity index (χ1v) is 11.9. The van der Waals surface area contributed by atoms with E-state index in [2.05, 4.69) is 56.5 Å². The lowest BCUT2D eigenvalue weighted by molar-refractivity contribution is -0.132. The predicted molar refractivity (Wildman–Crippen MR) is 133 cm³/mol. The summed E-state index contributed by atoms with van der Waals surface area (Å²) < 4.78 is 5.26. The van der Waals surface area contributed by atoms with Gasteiger partial charge in [0.25, 0.3) is 0 Å². The van der Waals surface area contributed by atoms with Crippen molar-refractivity contribution in [3.63, 3.8) is 0 Å². The summed E-state index contributed by atoms with van der Waals surface area (Å²) in [4.78, 5) is 23.8. The van der Waals surface area contributed by atoms with E-state index < -0.39 is 0 Å². The highest BCUT2D eigenvalue weighted by Crippen LogP contribution is 2.21. The van der Waals surface area contributed by atoms with Crippen molar-refractivity contribution < 1.29 is 9.53 Å². The van der Waals surface area contributed by atoms with E-state index in [1.165, 1.54) is 16.8 Å². The Labute approximate surface area is 197 Å². The zero-order valence-corrected chi connectivity index (χ0v) is 19.8. The van der Waals surface area contributed by atoms with Crippen LogP contribution < -0.4 is 15.0 Å². The Bertz CT molecular complexity index is 951. The van der Waals surface area contributed by atoms with Crippen LogP contribution in [0.25, 0.3) is 0 Å². The van der Waals surface area contributed by atoms with Gasteiger partial charge in [-0.15, -0.1) is 0 Å². The fourth-order valence-electron chi connectivity index (χ4n) is 4.61. The number of nitrogens with zero attached hydrogens (tertiary/aromatic N) is 4. The Hall–Kier alpha value is -3.22. The molecule has 0 aromatic heterocycles. The lowest BCUT2D eigenvalue weighted by atomic mass is 9.99. The zero-order chi connectivity index (χ0) is 23.0. The largest absolute Gasteiger partial charge is 0.497 e. The Kier molecular flexibility index (Phi) is 7.70. The van der Waals surface area contributed by atoms with Crippen LogP contribution in [0.1, 0.15) is 24.0 Å². The Morgan fingerprint density at radius 3 is 2.39 bits per heavy atom. The van der Waals surface area contributed by atoms with E-state index in [9.17, 15) is 4.79 Å². The number of hydrogen-bond donors (Lipinski definition) is 1. The van der Waals surface area contributed by atoms with Gasteiger partial charge in [-0.3, -0.25) is 9.79 Å². The van der Waals surface area contributed by atoms with Crippen LogP contribution in [0.3, 0.4) is 0 Å². The van der Waals surface area contributed by atoms with E-state index in [4.69, 9.17) is 4.74 Å². The van der Waals surface area contributed by atoms with Crippen LogP contribution >= 0.6 is 0 Å². The third-order valence-corrected chi connectivity index (χ3v) is 6.56. The minimum absolute atomic E-state index is 0.245. The molecule has 7 nitrogen and oxygen atoms in total. The van der Waals surface area contributed by atoms with Crippen molar-refractivity contribution in [3.05, 3.63) is 59.7 Å². The van der Waals surface area contributed by atoms with Gasteiger partial charge in [0.05, 0.1) is 7.11 Å². The van der Waals surface area contributed by atoms with Crippen molar-refractivity contribution in [2.24, 2.45) is 4.99 Å². The van der Waals surface area contributed by atoms with Gasteiger partial charge in [0.2, 0.25) is 5.91 Å². The summed E-state index contributed by atoms with van der Waals surface area (Å²) in [5.41, 5.74) is 3.88. The van der Waals surface area contributed by atoms with Crippen LogP contribution in [0, 0.1) is 0 Å². The summed E-state index contributed by atoms with van der Waals surface area (Å²) in [6, 6.07) is 16.7. The van der Waals surface area contributed by atoms with E-state index >= 15 is 0 Å². The molecule has 2 aliphatic heterocycles. The standard InChI is InChI=1S/C26H35N5O2/c1-27-26(30-18-16-29(17-19-30)23-9-11-24(33-2)12-10-23)28-14-5-8-25(32)31-15-13-21-6-3-4-7-22(21)20-31/h3-4,6-7,9-12H,5,8,13-20H2,1-2H3,(H,27,28). The molecule has 2 aliphatic rings. The molecule has 7 heteroatoms. The summed E-state index contributed by atoms with van der Waals surface area (Å²) in [6.07, 6.45) is 2.33. The van der Waals surface area contributed by atoms with E-state index in [1.54, 1.807) is 7.11 Å². The minimum atomic E-state index is 0.245. The quantitative estimate of drug-likeness (QED) is 0.418. The fraction of sp³-hybridized carbons (Fsp3) is 0.462. The molecule has 0 bridgehead atoms. The number of aliphatic imine (C=N–C) groups is 1. The van der Waals surface area contributed by atoms with Crippen molar-refractivity contribution in [1.82, 2.24) is 15.1 Å². The van der Waals surface area contributed by atoms with Crippen molar-refractivity contribution in [1.29, 1.82) is 0 Å². The topological polar surface area (TPSA) is 60.4 Å². The monoisotopic (exact) mass is 449 g/mol. The number of anilines is 1. The average Bonchev–Trinajstić information content (AvgIpc) is 2.88. The summed E-state index contributed by atoms with van der Waals surface area (Å²) in [7, 11) is 3.52. The van der Waals surface area contributed by atoms with Crippen LogP contribution in [-0.2, 0) is 17.8 Å². The van der Waals surface area contributed by atoms with Gasteiger partial charge in [-0.2, -0.15) is 0 Å². The number of fused-ring (bicyclic) bond motifs is 1. The van der Waals surface area contributed by atoms with E-state index in [-0.39, 0.29) is 5.91 Å². The predicted octanol–water partition coefficient (Wildman–Crippen LogP) is 2.76. The lowest BCUT2D eigenvalue weighted by Gasteiger charge is -2.37. The molecule has 2 heterocycles. The number of piperazine rings is 1. The number of benzene rings is 2. The molecule has 4 rings (SSSR count). The molecule has 33 heavy (non-hydrogen) atoms. The maximum atomic E-state index is 12.7. The molecule has 1 fully saturated rings. The number of guanidine groups is 1. The molecule has 1 saturated heterocycles. The molecule has 0 unspecified atom stereocenters. The summed E-state index contributed by atoms with van der Waals surface area (Å²) in [6.45, 7) is 6.03. The van der Waals surface area contributed by atoms with Gasteiger partial charge in [0.1, 0.15) is 5.75 Å². The first-order valence-electron chi connectivity index (χ1n) is 11.9. The van der Waals surface area contributed by atoms with Crippen molar-refractivity contribution in [2.75, 3.05) is 58.3 Å². The molecular formula is C26H35N5O2. The molecule has 1 N–H and O–H groups in total. The molecule has 0 aliphatic carbocycles.